The van der Waals surface area contributed by atoms with Gasteiger partial charge in [-0.2, -0.15) is 13.2 Å². The molecule has 3 aromatic carbocycles. The monoisotopic (exact) mass is 523 g/mol. The number of benzene rings is 3. The van der Waals surface area contributed by atoms with E-state index in [1.807, 2.05) is 0 Å². The van der Waals surface area contributed by atoms with Crippen LogP contribution in [0.15, 0.2) is 66.7 Å². The molecule has 3 rings (SSSR count). The van der Waals surface area contributed by atoms with Crippen molar-refractivity contribution in [2.75, 3.05) is 7.05 Å². The summed E-state index contributed by atoms with van der Waals surface area (Å²) >= 11 is 11.7. The van der Waals surface area contributed by atoms with Gasteiger partial charge in [-0.1, -0.05) is 71.8 Å². The molecule has 0 bridgehead atoms. The summed E-state index contributed by atoms with van der Waals surface area (Å²) in [6.07, 6.45) is -1.95. The molecule has 3 aromatic rings. The Morgan fingerprint density at radius 3 is 2.37 bits per heavy atom. The van der Waals surface area contributed by atoms with Crippen molar-refractivity contribution < 1.29 is 27.2 Å². The third-order valence-corrected chi connectivity index (χ3v) is 6.03. The highest BCUT2D eigenvalue weighted by molar-refractivity contribution is 6.42. The van der Waals surface area contributed by atoms with Crippen molar-refractivity contribution in [3.05, 3.63) is 110 Å². The maximum Gasteiger partial charge on any atom is 0.399 e. The molecule has 0 saturated heterocycles. The summed E-state index contributed by atoms with van der Waals surface area (Å²) in [6, 6.07) is 13.8. The number of aldehydes is 1. The van der Waals surface area contributed by atoms with Crippen molar-refractivity contribution in [3.8, 4) is 0 Å². The van der Waals surface area contributed by atoms with Gasteiger partial charge in [0.15, 0.2) is 6.29 Å². The molecule has 1 amide bonds. The lowest BCUT2D eigenvalue weighted by molar-refractivity contribution is -0.139. The lowest BCUT2D eigenvalue weighted by Gasteiger charge is -2.19. The Morgan fingerprint density at radius 2 is 1.74 bits per heavy atom. The second-order valence-electron chi connectivity index (χ2n) is 7.77. The molecule has 0 aliphatic carbocycles. The number of allylic oxidation sites excluding steroid dienone is 1. The number of carbonyl (C=O) groups excluding carboxylic acids is 2. The smallest absolute Gasteiger partial charge is 0.337 e. The molecule has 0 aliphatic heterocycles. The van der Waals surface area contributed by atoms with E-state index in [-0.39, 0.29) is 44.4 Å². The zero-order valence-electron chi connectivity index (χ0n) is 18.3. The van der Waals surface area contributed by atoms with Crippen molar-refractivity contribution in [3.63, 3.8) is 0 Å². The fourth-order valence-electron chi connectivity index (χ4n) is 3.45. The number of hydrogen-bond acceptors (Lipinski definition) is 2. The largest absolute Gasteiger partial charge is 0.399 e. The van der Waals surface area contributed by atoms with Crippen LogP contribution in [-0.2, 0) is 6.54 Å². The predicted octanol–water partition coefficient (Wildman–Crippen LogP) is 7.58. The molecule has 3 nitrogen and oxygen atoms in total. The lowest BCUT2D eigenvalue weighted by atomic mass is 9.97. The lowest BCUT2D eigenvalue weighted by Crippen LogP contribution is -2.27. The van der Waals surface area contributed by atoms with Gasteiger partial charge in [-0.05, 0) is 35.4 Å². The van der Waals surface area contributed by atoms with Gasteiger partial charge in [-0.25, -0.2) is 4.39 Å². The van der Waals surface area contributed by atoms with E-state index >= 15 is 0 Å². The number of carbonyl (C=O) groups is 2. The first-order chi connectivity index (χ1) is 16.5. The molecule has 9 heteroatoms. The summed E-state index contributed by atoms with van der Waals surface area (Å²) in [6.45, 7) is -0.101. The van der Waals surface area contributed by atoms with Gasteiger partial charge in [0.05, 0.1) is 21.5 Å². The van der Waals surface area contributed by atoms with Gasteiger partial charge in [0.1, 0.15) is 5.82 Å². The standard InChI is InChI=1S/C26H19Cl2F4NO2/c1-33(25(35)20-5-3-2-4-19(20)15-34)14-18-8-6-16(12-24(18)29)7-10-21(26(30,31)32)17-9-11-22(27)23(28)13-17/h2-13,15,21H,14H2,1H3/b10-7+. The number of alkyl halides is 3. The van der Waals surface area contributed by atoms with E-state index in [4.69, 9.17) is 23.2 Å². The first kappa shape index (κ1) is 26.4. The molecule has 1 unspecified atom stereocenters. The van der Waals surface area contributed by atoms with Crippen LogP contribution in [0.25, 0.3) is 6.08 Å². The second-order valence-corrected chi connectivity index (χ2v) is 8.58. The molecule has 0 heterocycles. The Labute approximate surface area is 209 Å². The van der Waals surface area contributed by atoms with Gasteiger partial charge >= 0.3 is 6.18 Å². The van der Waals surface area contributed by atoms with Crippen molar-refractivity contribution in [1.29, 1.82) is 0 Å². The van der Waals surface area contributed by atoms with Crippen LogP contribution in [0.4, 0.5) is 17.6 Å². The minimum atomic E-state index is -4.60. The van der Waals surface area contributed by atoms with Gasteiger partial charge in [0.25, 0.3) is 5.91 Å². The van der Waals surface area contributed by atoms with E-state index in [2.05, 4.69) is 0 Å². The van der Waals surface area contributed by atoms with Crippen molar-refractivity contribution in [1.82, 2.24) is 4.90 Å². The Hall–Kier alpha value is -3.16. The average Bonchev–Trinajstić information content (AvgIpc) is 2.81. The van der Waals surface area contributed by atoms with E-state index in [9.17, 15) is 27.2 Å². The average molecular weight is 524 g/mol. The fourth-order valence-corrected chi connectivity index (χ4v) is 3.75. The first-order valence-electron chi connectivity index (χ1n) is 10.3. The Balaban J connectivity index is 1.79. The maximum absolute atomic E-state index is 14.7. The van der Waals surface area contributed by atoms with Gasteiger partial charge in [0, 0.05) is 24.7 Å². The zero-order valence-corrected chi connectivity index (χ0v) is 19.8. The Kier molecular flexibility index (Phi) is 8.35. The Bertz CT molecular complexity index is 1270. The third-order valence-electron chi connectivity index (χ3n) is 5.29. The molecule has 0 radical (unpaired) electrons. The molecule has 1 atom stereocenters. The van der Waals surface area contributed by atoms with Crippen LogP contribution in [0.3, 0.4) is 0 Å². The molecule has 0 spiro atoms. The molecule has 0 N–H and O–H groups in total. The van der Waals surface area contributed by atoms with Crippen LogP contribution in [0.5, 0.6) is 0 Å². The first-order valence-corrected chi connectivity index (χ1v) is 11.0. The second kappa shape index (κ2) is 11.1. The third kappa shape index (κ3) is 6.50. The fraction of sp³-hybridized carbons (Fsp3) is 0.154. The summed E-state index contributed by atoms with van der Waals surface area (Å²) in [5.41, 5.74) is 0.673. The minimum absolute atomic E-state index is 0.00310. The van der Waals surface area contributed by atoms with Crippen LogP contribution in [0, 0.1) is 5.82 Å². The number of amides is 1. The number of nitrogens with zero attached hydrogens (tertiary/aromatic N) is 1. The zero-order chi connectivity index (χ0) is 25.8. The van der Waals surface area contributed by atoms with E-state index in [0.717, 1.165) is 18.2 Å². The van der Waals surface area contributed by atoms with Gasteiger partial charge in [-0.3, -0.25) is 9.59 Å². The maximum atomic E-state index is 14.7. The van der Waals surface area contributed by atoms with Gasteiger partial charge < -0.3 is 4.90 Å². The number of rotatable bonds is 7. The highest BCUT2D eigenvalue weighted by Crippen LogP contribution is 2.38. The molecule has 0 aromatic heterocycles. The van der Waals surface area contributed by atoms with E-state index in [1.54, 1.807) is 12.1 Å². The number of halogens is 6. The molecule has 182 valence electrons. The molecule has 0 saturated carbocycles. The van der Waals surface area contributed by atoms with Crippen LogP contribution >= 0.6 is 23.2 Å². The summed E-state index contributed by atoms with van der Waals surface area (Å²) in [5.74, 6) is -3.12. The summed E-state index contributed by atoms with van der Waals surface area (Å²) in [4.78, 5) is 25.1. The van der Waals surface area contributed by atoms with E-state index in [0.29, 0.717) is 6.29 Å². The summed E-state index contributed by atoms with van der Waals surface area (Å²) in [7, 11) is 1.46. The van der Waals surface area contributed by atoms with Gasteiger partial charge in [0.2, 0.25) is 0 Å². The van der Waals surface area contributed by atoms with Crippen LogP contribution in [0.2, 0.25) is 10.0 Å². The number of hydrogen-bond donors (Lipinski definition) is 0. The van der Waals surface area contributed by atoms with E-state index < -0.39 is 23.8 Å². The van der Waals surface area contributed by atoms with E-state index in [1.165, 1.54) is 54.4 Å². The topological polar surface area (TPSA) is 37.4 Å². The summed E-state index contributed by atoms with van der Waals surface area (Å²) < 4.78 is 55.6. The van der Waals surface area contributed by atoms with Crippen molar-refractivity contribution in [2.45, 2.75) is 18.6 Å². The molecule has 0 aliphatic rings. The molecular weight excluding hydrogens is 505 g/mol. The van der Waals surface area contributed by atoms with Crippen molar-refractivity contribution in [2.24, 2.45) is 0 Å². The normalized spacial score (nSPS) is 12.5. The highest BCUT2D eigenvalue weighted by Gasteiger charge is 2.39. The highest BCUT2D eigenvalue weighted by atomic mass is 35.5. The molecule has 0 fully saturated rings. The SMILES string of the molecule is CN(Cc1ccc(/C=C/C(c2ccc(Cl)c(Cl)c2)C(F)(F)F)cc1F)C(=O)c1ccccc1C=O. The predicted molar refractivity (Wildman–Crippen MR) is 128 cm³/mol. The van der Waals surface area contributed by atoms with Crippen LogP contribution < -0.4 is 0 Å². The Morgan fingerprint density at radius 1 is 1.03 bits per heavy atom. The quantitative estimate of drug-likeness (QED) is 0.236. The van der Waals surface area contributed by atoms with Crippen molar-refractivity contribution >= 4 is 41.5 Å². The minimum Gasteiger partial charge on any atom is -0.337 e. The van der Waals surface area contributed by atoms with Crippen LogP contribution in [-0.4, -0.2) is 30.3 Å². The molecular formula is C26H19Cl2F4NO2. The van der Waals surface area contributed by atoms with Crippen LogP contribution in [0.1, 0.15) is 43.3 Å². The van der Waals surface area contributed by atoms with Gasteiger partial charge in [-0.15, -0.1) is 0 Å². The molecule has 35 heavy (non-hydrogen) atoms. The summed E-state index contributed by atoms with van der Waals surface area (Å²) in [5, 5.41) is 0.132.